The van der Waals surface area contributed by atoms with E-state index in [-0.39, 0.29) is 11.9 Å². The number of morpholine rings is 1. The molecule has 1 aliphatic heterocycles. The Morgan fingerprint density at radius 2 is 1.94 bits per heavy atom. The minimum atomic E-state index is -0.672. The molecule has 170 valence electrons. The first kappa shape index (κ1) is 22.2. The first-order valence-corrected chi connectivity index (χ1v) is 10.2. The van der Waals surface area contributed by atoms with Crippen LogP contribution in [0.2, 0.25) is 5.02 Å². The summed E-state index contributed by atoms with van der Waals surface area (Å²) in [5.74, 6) is 0.470. The Morgan fingerprint density at radius 1 is 1.15 bits per heavy atom. The van der Waals surface area contributed by atoms with Gasteiger partial charge in [-0.2, -0.15) is 20.1 Å². The van der Waals surface area contributed by atoms with Crippen molar-refractivity contribution in [3.05, 3.63) is 63.2 Å². The summed E-state index contributed by atoms with van der Waals surface area (Å²) in [6.45, 7) is 2.37. The quantitative estimate of drug-likeness (QED) is 0.266. The molecule has 0 radical (unpaired) electrons. The number of rotatable bonds is 7. The van der Waals surface area contributed by atoms with Crippen molar-refractivity contribution >= 4 is 47.0 Å². The van der Waals surface area contributed by atoms with Gasteiger partial charge in [0.2, 0.25) is 17.8 Å². The summed E-state index contributed by atoms with van der Waals surface area (Å²) >= 11 is 6.06. The van der Waals surface area contributed by atoms with Crippen LogP contribution in [0.25, 0.3) is 0 Å². The van der Waals surface area contributed by atoms with Crippen LogP contribution in [0.15, 0.2) is 47.6 Å². The number of hydrogen-bond acceptors (Lipinski definition) is 11. The van der Waals surface area contributed by atoms with Crippen LogP contribution in [0, 0.1) is 10.1 Å². The van der Waals surface area contributed by atoms with E-state index in [4.69, 9.17) is 16.3 Å². The highest BCUT2D eigenvalue weighted by atomic mass is 35.5. The summed E-state index contributed by atoms with van der Waals surface area (Å²) in [5, 5.41) is 28.3. The summed E-state index contributed by atoms with van der Waals surface area (Å²) in [7, 11) is 0. The highest BCUT2D eigenvalue weighted by molar-refractivity contribution is 6.30. The predicted octanol–water partition coefficient (Wildman–Crippen LogP) is 3.17. The smallest absolute Gasteiger partial charge is 0.311 e. The van der Waals surface area contributed by atoms with E-state index in [1.54, 1.807) is 18.2 Å². The van der Waals surface area contributed by atoms with Crippen molar-refractivity contribution < 1.29 is 14.8 Å². The van der Waals surface area contributed by atoms with Gasteiger partial charge < -0.3 is 20.1 Å². The number of hydrogen-bond donors (Lipinski definition) is 3. The molecule has 0 unspecified atom stereocenters. The molecule has 3 N–H and O–H groups in total. The van der Waals surface area contributed by atoms with Crippen molar-refractivity contribution in [1.82, 2.24) is 15.0 Å². The van der Waals surface area contributed by atoms with Crippen LogP contribution in [0.3, 0.4) is 0 Å². The number of aromatic hydroxyl groups is 1. The number of nitrogens with zero attached hydrogens (tertiary/aromatic N) is 6. The number of nitro groups is 1. The number of halogens is 1. The molecule has 3 aromatic rings. The van der Waals surface area contributed by atoms with Crippen molar-refractivity contribution in [1.29, 1.82) is 0 Å². The van der Waals surface area contributed by atoms with Gasteiger partial charge in [0.1, 0.15) is 0 Å². The van der Waals surface area contributed by atoms with E-state index in [0.717, 1.165) is 0 Å². The predicted molar refractivity (Wildman–Crippen MR) is 124 cm³/mol. The Labute approximate surface area is 193 Å². The molecule has 2 heterocycles. The van der Waals surface area contributed by atoms with Crippen LogP contribution in [0.4, 0.5) is 29.2 Å². The number of hydrazone groups is 1. The van der Waals surface area contributed by atoms with Crippen molar-refractivity contribution in [3.8, 4) is 5.75 Å². The molecule has 1 aromatic heterocycles. The van der Waals surface area contributed by atoms with Gasteiger partial charge in [-0.15, -0.1) is 0 Å². The van der Waals surface area contributed by atoms with E-state index < -0.39 is 16.4 Å². The molecule has 1 aliphatic rings. The first-order valence-electron chi connectivity index (χ1n) is 9.86. The zero-order valence-corrected chi connectivity index (χ0v) is 17.9. The fourth-order valence-electron chi connectivity index (χ4n) is 3.00. The highest BCUT2D eigenvalue weighted by Crippen LogP contribution is 2.25. The first-order chi connectivity index (χ1) is 16.0. The van der Waals surface area contributed by atoms with Crippen molar-refractivity contribution in [2.24, 2.45) is 5.10 Å². The van der Waals surface area contributed by atoms with E-state index in [1.807, 2.05) is 11.0 Å². The minimum Gasteiger partial charge on any atom is -0.502 e. The van der Waals surface area contributed by atoms with Gasteiger partial charge in [0.15, 0.2) is 5.75 Å². The Hall–Kier alpha value is -4.03. The van der Waals surface area contributed by atoms with Crippen LogP contribution in [0.1, 0.15) is 5.56 Å². The zero-order valence-electron chi connectivity index (χ0n) is 17.2. The van der Waals surface area contributed by atoms with Gasteiger partial charge in [-0.3, -0.25) is 10.1 Å². The third kappa shape index (κ3) is 5.81. The fourth-order valence-corrected chi connectivity index (χ4v) is 3.19. The Kier molecular flexibility index (Phi) is 6.76. The molecule has 4 rings (SSSR count). The molecule has 0 amide bonds. The molecule has 0 bridgehead atoms. The normalized spacial score (nSPS) is 13.8. The Bertz CT molecular complexity index is 1190. The maximum Gasteiger partial charge on any atom is 0.311 e. The van der Waals surface area contributed by atoms with Gasteiger partial charge >= 0.3 is 5.69 Å². The molecular weight excluding hydrogens is 452 g/mol. The van der Waals surface area contributed by atoms with E-state index in [2.05, 4.69) is 30.8 Å². The summed E-state index contributed by atoms with van der Waals surface area (Å²) in [6.07, 6.45) is 1.36. The number of nitro benzene ring substituents is 1. The molecule has 33 heavy (non-hydrogen) atoms. The summed E-state index contributed by atoms with van der Waals surface area (Å²) < 4.78 is 5.39. The van der Waals surface area contributed by atoms with Crippen LogP contribution >= 0.6 is 11.6 Å². The van der Waals surface area contributed by atoms with Crippen LogP contribution in [0.5, 0.6) is 5.75 Å². The molecule has 1 saturated heterocycles. The number of phenols is 1. The third-order valence-electron chi connectivity index (χ3n) is 4.57. The molecule has 0 saturated carbocycles. The Morgan fingerprint density at radius 3 is 2.70 bits per heavy atom. The molecule has 12 nitrogen and oxygen atoms in total. The average Bonchev–Trinajstić information content (AvgIpc) is 2.80. The summed E-state index contributed by atoms with van der Waals surface area (Å²) in [6, 6.07) is 11.1. The molecule has 0 aliphatic carbocycles. The lowest BCUT2D eigenvalue weighted by atomic mass is 10.2. The highest BCUT2D eigenvalue weighted by Gasteiger charge is 2.17. The van der Waals surface area contributed by atoms with Gasteiger partial charge in [-0.25, -0.2) is 5.43 Å². The second-order valence-electron chi connectivity index (χ2n) is 6.89. The van der Waals surface area contributed by atoms with Gasteiger partial charge in [-0.1, -0.05) is 17.7 Å². The average molecular weight is 471 g/mol. The topological polar surface area (TPSA) is 151 Å². The molecule has 13 heteroatoms. The molecule has 0 atom stereocenters. The number of aromatic nitrogens is 3. The maximum atomic E-state index is 11.0. The number of nitrogens with one attached hydrogen (secondary N) is 2. The minimum absolute atomic E-state index is 0.167. The van der Waals surface area contributed by atoms with Crippen LogP contribution in [-0.2, 0) is 4.74 Å². The summed E-state index contributed by atoms with van der Waals surface area (Å²) in [5.41, 5.74) is 3.42. The van der Waals surface area contributed by atoms with Gasteiger partial charge in [0.25, 0.3) is 0 Å². The number of ether oxygens (including phenoxy) is 1. The SMILES string of the molecule is O=[N+]([O-])c1cc(/C=N\Nc2nc(Nc3cccc(Cl)c3)nc(N3CCOCC3)n2)ccc1O. The van der Waals surface area contributed by atoms with Gasteiger partial charge in [0.05, 0.1) is 24.4 Å². The lowest BCUT2D eigenvalue weighted by molar-refractivity contribution is -0.385. The second kappa shape index (κ2) is 10.1. The third-order valence-corrected chi connectivity index (χ3v) is 4.81. The lowest BCUT2D eigenvalue weighted by Crippen LogP contribution is -2.37. The van der Waals surface area contributed by atoms with E-state index >= 15 is 0 Å². The van der Waals surface area contributed by atoms with Crippen LogP contribution < -0.4 is 15.6 Å². The van der Waals surface area contributed by atoms with E-state index in [1.165, 1.54) is 24.4 Å². The summed E-state index contributed by atoms with van der Waals surface area (Å²) in [4.78, 5) is 25.5. The van der Waals surface area contributed by atoms with Gasteiger partial charge in [-0.05, 0) is 30.3 Å². The number of benzene rings is 2. The molecule has 0 spiro atoms. The zero-order chi connectivity index (χ0) is 23.2. The standard InChI is InChI=1S/C20H19ClN8O4/c21-14-2-1-3-15(11-14)23-18-24-19(26-20(25-18)28-6-8-33-9-7-28)27-22-12-13-4-5-17(30)16(10-13)29(31)32/h1-5,10-12,30H,6-9H2,(H2,23,24,25,26,27)/b22-12-. The molecule has 1 fully saturated rings. The lowest BCUT2D eigenvalue weighted by Gasteiger charge is -2.27. The monoisotopic (exact) mass is 470 g/mol. The second-order valence-corrected chi connectivity index (χ2v) is 7.33. The number of anilines is 4. The van der Waals surface area contributed by atoms with E-state index in [0.29, 0.717) is 48.5 Å². The van der Waals surface area contributed by atoms with Crippen molar-refractivity contribution in [2.45, 2.75) is 0 Å². The van der Waals surface area contributed by atoms with Crippen molar-refractivity contribution in [3.63, 3.8) is 0 Å². The maximum absolute atomic E-state index is 11.0. The fraction of sp³-hybridized carbons (Fsp3) is 0.200. The largest absolute Gasteiger partial charge is 0.502 e. The molecular formula is C20H19ClN8O4. The Balaban J connectivity index is 1.57. The van der Waals surface area contributed by atoms with E-state index in [9.17, 15) is 15.2 Å². The van der Waals surface area contributed by atoms with Crippen LogP contribution in [-0.4, -0.2) is 57.5 Å². The number of phenolic OH excluding ortho intramolecular Hbond substituents is 1. The molecule has 2 aromatic carbocycles. The van der Waals surface area contributed by atoms with Gasteiger partial charge in [0, 0.05) is 35.4 Å². The van der Waals surface area contributed by atoms with Crippen molar-refractivity contribution in [2.75, 3.05) is 41.9 Å².